The molecule has 0 amide bonds. The van der Waals surface area contributed by atoms with Crippen LogP contribution in [0, 0.1) is 5.41 Å². The van der Waals surface area contributed by atoms with Crippen LogP contribution < -0.4 is 5.48 Å². The van der Waals surface area contributed by atoms with Gasteiger partial charge in [-0.15, -0.1) is 0 Å². The Balaban J connectivity index is 2.36. The molecule has 6 nitrogen and oxygen atoms in total. The largest absolute Gasteiger partial charge is 0.374 e. The normalized spacial score (nSPS) is 12.6. The molecule has 2 aromatic rings. The van der Waals surface area contributed by atoms with Crippen LogP contribution in [0.2, 0.25) is 0 Å². The molecular formula is C20H32N4O2. The number of imidazole rings is 1. The van der Waals surface area contributed by atoms with E-state index in [0.717, 1.165) is 41.9 Å². The number of ether oxygens (including phenoxy) is 1. The van der Waals surface area contributed by atoms with Gasteiger partial charge in [0.25, 0.3) is 0 Å². The third-order valence-corrected chi connectivity index (χ3v) is 4.20. The molecule has 0 atom stereocenters. The summed E-state index contributed by atoms with van der Waals surface area (Å²) in [6.45, 7) is 9.65. The molecule has 2 N–H and O–H groups in total. The van der Waals surface area contributed by atoms with Gasteiger partial charge in [-0.05, 0) is 50.6 Å². The van der Waals surface area contributed by atoms with E-state index in [-0.39, 0.29) is 5.41 Å². The van der Waals surface area contributed by atoms with Crippen LogP contribution in [-0.4, -0.2) is 46.9 Å². The van der Waals surface area contributed by atoms with Gasteiger partial charge in [-0.25, -0.2) is 4.98 Å². The molecule has 0 aliphatic heterocycles. The topological polar surface area (TPSA) is 62.5 Å². The predicted octanol–water partition coefficient (Wildman–Crippen LogP) is 3.20. The molecule has 0 saturated heterocycles. The van der Waals surface area contributed by atoms with Gasteiger partial charge in [-0.1, -0.05) is 26.0 Å². The van der Waals surface area contributed by atoms with Crippen molar-refractivity contribution < 1.29 is 9.94 Å². The zero-order chi connectivity index (χ0) is 19.2. The lowest BCUT2D eigenvalue weighted by Gasteiger charge is -2.29. The lowest BCUT2D eigenvalue weighted by molar-refractivity contribution is 0.122. The number of nitrogens with one attached hydrogen (secondary N) is 1. The monoisotopic (exact) mass is 360 g/mol. The number of hydrogen-bond donors (Lipinski definition) is 2. The molecule has 0 bridgehead atoms. The van der Waals surface area contributed by atoms with Crippen molar-refractivity contribution in [1.29, 1.82) is 0 Å². The highest BCUT2D eigenvalue weighted by atomic mass is 16.5. The Morgan fingerprint density at radius 1 is 1.35 bits per heavy atom. The fourth-order valence-corrected chi connectivity index (χ4v) is 3.41. The summed E-state index contributed by atoms with van der Waals surface area (Å²) in [6.07, 6.45) is 4.13. The van der Waals surface area contributed by atoms with Crippen LogP contribution in [0.15, 0.2) is 30.5 Å². The Morgan fingerprint density at radius 3 is 2.77 bits per heavy atom. The minimum Gasteiger partial charge on any atom is -0.374 e. The molecule has 1 aromatic carbocycles. The highest BCUT2D eigenvalue weighted by Gasteiger charge is 2.23. The van der Waals surface area contributed by atoms with Gasteiger partial charge < -0.3 is 14.2 Å². The average Bonchev–Trinajstić information content (AvgIpc) is 2.88. The lowest BCUT2D eigenvalue weighted by atomic mass is 9.92. The molecule has 6 heteroatoms. The standard InChI is InChI=1S/C20H32N4O2/c1-6-26-13-19-22-17-12-16(8-7-11-21-25)9-10-18(17)24(19)15-20(2,3)14-23(4)5/h7,9-12,21,25H,6,8,13-15H2,1-5H3/b11-7+. The molecule has 26 heavy (non-hydrogen) atoms. The molecular weight excluding hydrogens is 328 g/mol. The van der Waals surface area contributed by atoms with Crippen LogP contribution in [0.5, 0.6) is 0 Å². The van der Waals surface area contributed by atoms with Gasteiger partial charge in [0.1, 0.15) is 12.4 Å². The van der Waals surface area contributed by atoms with E-state index in [4.69, 9.17) is 14.9 Å². The minimum absolute atomic E-state index is 0.117. The number of hydrogen-bond acceptors (Lipinski definition) is 5. The summed E-state index contributed by atoms with van der Waals surface area (Å²) >= 11 is 0. The maximum atomic E-state index is 8.64. The SMILES string of the molecule is CCOCc1nc2cc(C/C=C/NO)ccc2n1CC(C)(C)CN(C)C. The molecule has 1 aromatic heterocycles. The zero-order valence-electron chi connectivity index (χ0n) is 16.6. The highest BCUT2D eigenvalue weighted by Crippen LogP contribution is 2.26. The molecule has 0 radical (unpaired) electrons. The van der Waals surface area contributed by atoms with Gasteiger partial charge in [0.15, 0.2) is 0 Å². The van der Waals surface area contributed by atoms with Crippen molar-refractivity contribution in [3.63, 3.8) is 0 Å². The Kier molecular flexibility index (Phi) is 7.20. The van der Waals surface area contributed by atoms with Gasteiger partial charge >= 0.3 is 0 Å². The molecule has 2 rings (SSSR count). The first-order valence-corrected chi connectivity index (χ1v) is 9.11. The second-order valence-corrected chi connectivity index (χ2v) is 7.71. The molecule has 1 heterocycles. The van der Waals surface area contributed by atoms with Crippen molar-refractivity contribution in [3.05, 3.63) is 41.9 Å². The summed E-state index contributed by atoms with van der Waals surface area (Å²) in [7, 11) is 4.21. The highest BCUT2D eigenvalue weighted by molar-refractivity contribution is 5.77. The van der Waals surface area contributed by atoms with Crippen molar-refractivity contribution in [2.75, 3.05) is 27.2 Å². The first-order valence-electron chi connectivity index (χ1n) is 9.11. The maximum Gasteiger partial charge on any atom is 0.136 e. The summed E-state index contributed by atoms with van der Waals surface area (Å²) < 4.78 is 7.95. The number of aromatic nitrogens is 2. The van der Waals surface area contributed by atoms with Gasteiger partial charge in [0, 0.05) is 25.9 Å². The summed E-state index contributed by atoms with van der Waals surface area (Å²) in [5.74, 6) is 0.971. The third-order valence-electron chi connectivity index (χ3n) is 4.20. The molecule has 144 valence electrons. The third kappa shape index (κ3) is 5.56. The Hall–Kier alpha value is -1.89. The Morgan fingerprint density at radius 2 is 2.12 bits per heavy atom. The number of fused-ring (bicyclic) bond motifs is 1. The van der Waals surface area contributed by atoms with E-state index in [1.165, 1.54) is 6.20 Å². The number of nitrogens with zero attached hydrogens (tertiary/aromatic N) is 3. The van der Waals surface area contributed by atoms with Crippen molar-refractivity contribution in [2.24, 2.45) is 5.41 Å². The van der Waals surface area contributed by atoms with Gasteiger partial charge in [0.2, 0.25) is 0 Å². The molecule has 0 aliphatic carbocycles. The summed E-state index contributed by atoms with van der Waals surface area (Å²) in [5.41, 5.74) is 5.43. The van der Waals surface area contributed by atoms with Crippen LogP contribution in [0.3, 0.4) is 0 Å². The number of benzene rings is 1. The van der Waals surface area contributed by atoms with Crippen LogP contribution in [0.4, 0.5) is 0 Å². The lowest BCUT2D eigenvalue weighted by Crippen LogP contribution is -2.32. The summed E-state index contributed by atoms with van der Waals surface area (Å²) in [5, 5.41) is 8.64. The predicted molar refractivity (Wildman–Crippen MR) is 105 cm³/mol. The van der Waals surface area contributed by atoms with E-state index in [1.54, 1.807) is 0 Å². The van der Waals surface area contributed by atoms with Crippen LogP contribution in [0.25, 0.3) is 11.0 Å². The van der Waals surface area contributed by atoms with Gasteiger partial charge in [-0.2, -0.15) is 0 Å². The smallest absolute Gasteiger partial charge is 0.136 e. The van der Waals surface area contributed by atoms with Gasteiger partial charge in [-0.3, -0.25) is 10.7 Å². The number of allylic oxidation sites excluding steroid dienone is 1. The van der Waals surface area contributed by atoms with Crippen LogP contribution >= 0.6 is 0 Å². The van der Waals surface area contributed by atoms with Crippen molar-refractivity contribution in [3.8, 4) is 0 Å². The zero-order valence-corrected chi connectivity index (χ0v) is 16.6. The number of hydroxylamine groups is 1. The van der Waals surface area contributed by atoms with E-state index in [1.807, 2.05) is 18.5 Å². The molecule has 0 aliphatic rings. The minimum atomic E-state index is 0.117. The second kappa shape index (κ2) is 9.16. The van der Waals surface area contributed by atoms with Crippen molar-refractivity contribution in [2.45, 2.75) is 40.3 Å². The fraction of sp³-hybridized carbons (Fsp3) is 0.550. The van der Waals surface area contributed by atoms with E-state index in [0.29, 0.717) is 13.2 Å². The van der Waals surface area contributed by atoms with Gasteiger partial charge in [0.05, 0.1) is 11.0 Å². The first kappa shape index (κ1) is 20.4. The Labute approximate surface area is 156 Å². The van der Waals surface area contributed by atoms with Crippen LogP contribution in [-0.2, 0) is 24.3 Å². The van der Waals surface area contributed by atoms with E-state index in [2.05, 4.69) is 55.6 Å². The van der Waals surface area contributed by atoms with E-state index < -0.39 is 0 Å². The summed E-state index contributed by atoms with van der Waals surface area (Å²) in [4.78, 5) is 7.06. The first-order chi connectivity index (χ1) is 12.4. The number of rotatable bonds is 10. The maximum absolute atomic E-state index is 8.64. The van der Waals surface area contributed by atoms with E-state index >= 15 is 0 Å². The molecule has 0 spiro atoms. The quantitative estimate of drug-likeness (QED) is 0.637. The molecule has 0 fully saturated rings. The Bertz CT molecular complexity index is 735. The van der Waals surface area contributed by atoms with Crippen LogP contribution in [0.1, 0.15) is 32.2 Å². The van der Waals surface area contributed by atoms with Crippen molar-refractivity contribution >= 4 is 11.0 Å². The second-order valence-electron chi connectivity index (χ2n) is 7.71. The molecule has 0 unspecified atom stereocenters. The fourth-order valence-electron chi connectivity index (χ4n) is 3.41. The summed E-state index contributed by atoms with van der Waals surface area (Å²) in [6, 6.07) is 6.37. The average molecular weight is 361 g/mol. The van der Waals surface area contributed by atoms with E-state index in [9.17, 15) is 0 Å². The van der Waals surface area contributed by atoms with Crippen molar-refractivity contribution in [1.82, 2.24) is 19.9 Å². The molecule has 0 saturated carbocycles.